The summed E-state index contributed by atoms with van der Waals surface area (Å²) < 4.78 is 42.1. The van der Waals surface area contributed by atoms with Crippen LogP contribution < -0.4 is 5.32 Å². The van der Waals surface area contributed by atoms with E-state index >= 15 is 0 Å². The molecule has 1 aliphatic rings. The molecule has 1 aliphatic heterocycles. The second-order valence-electron chi connectivity index (χ2n) is 9.19. The van der Waals surface area contributed by atoms with Crippen LogP contribution in [0.4, 0.5) is 13.2 Å². The van der Waals surface area contributed by atoms with Crippen LogP contribution in [-0.2, 0) is 6.18 Å². The summed E-state index contributed by atoms with van der Waals surface area (Å²) in [6, 6.07) is 13.0. The molecule has 2 aromatic heterocycles. The first-order valence-electron chi connectivity index (χ1n) is 11.6. The first-order chi connectivity index (χ1) is 16.6. The van der Waals surface area contributed by atoms with Crippen LogP contribution in [0.25, 0.3) is 5.69 Å². The lowest BCUT2D eigenvalue weighted by Gasteiger charge is -2.28. The lowest BCUT2D eigenvalue weighted by molar-refractivity contribution is -0.137. The fourth-order valence-corrected chi connectivity index (χ4v) is 5.18. The molecule has 3 heterocycles. The largest absolute Gasteiger partial charge is 0.416 e. The number of aryl methyl sites for hydroxylation is 1. The first kappa shape index (κ1) is 25.2. The third-order valence-electron chi connectivity index (χ3n) is 6.42. The summed E-state index contributed by atoms with van der Waals surface area (Å²) in [5.74, 6) is 0. The van der Waals surface area contributed by atoms with E-state index in [0.717, 1.165) is 48.2 Å². The Hall–Kier alpha value is -2.91. The number of hydrogen-bond acceptors (Lipinski definition) is 3. The predicted octanol–water partition coefficient (Wildman–Crippen LogP) is 5.43. The van der Waals surface area contributed by atoms with Gasteiger partial charge in [0.05, 0.1) is 23.3 Å². The Morgan fingerprint density at radius 2 is 1.86 bits per heavy atom. The molecule has 2 atom stereocenters. The summed E-state index contributed by atoms with van der Waals surface area (Å²) in [5.41, 5.74) is 3.47. The van der Waals surface area contributed by atoms with Gasteiger partial charge in [0.1, 0.15) is 0 Å². The summed E-state index contributed by atoms with van der Waals surface area (Å²) >= 11 is 5.75. The van der Waals surface area contributed by atoms with Crippen molar-refractivity contribution in [3.8, 4) is 5.69 Å². The van der Waals surface area contributed by atoms with E-state index in [2.05, 4.69) is 26.2 Å². The molecular weight excluding hydrogens is 471 g/mol. The van der Waals surface area contributed by atoms with Gasteiger partial charge in [0.25, 0.3) is 0 Å². The first-order valence-corrected chi connectivity index (χ1v) is 12.0. The molecule has 1 N–H and O–H groups in total. The maximum atomic E-state index is 13.4. The average Bonchev–Trinajstić information content (AvgIpc) is 3.28. The highest BCUT2D eigenvalue weighted by molar-refractivity contribution is 7.80. The number of nitrogens with one attached hydrogen (secondary N) is 1. The van der Waals surface area contributed by atoms with Crippen LogP contribution in [0, 0.1) is 13.8 Å². The van der Waals surface area contributed by atoms with Crippen molar-refractivity contribution in [3.05, 3.63) is 82.9 Å². The van der Waals surface area contributed by atoms with Crippen molar-refractivity contribution in [2.75, 3.05) is 27.2 Å². The smallest absolute Gasteiger partial charge is 0.352 e. The predicted molar refractivity (Wildman–Crippen MR) is 136 cm³/mol. The summed E-state index contributed by atoms with van der Waals surface area (Å²) in [7, 11) is 4.08. The minimum absolute atomic E-state index is 0.134. The second kappa shape index (κ2) is 9.99. The Balaban J connectivity index is 1.78. The lowest BCUT2D eigenvalue weighted by atomic mass is 9.96. The third-order valence-corrected chi connectivity index (χ3v) is 6.78. The Morgan fingerprint density at radius 1 is 1.09 bits per heavy atom. The van der Waals surface area contributed by atoms with Gasteiger partial charge >= 0.3 is 6.18 Å². The summed E-state index contributed by atoms with van der Waals surface area (Å²) in [5, 5.41) is 4.12. The van der Waals surface area contributed by atoms with E-state index in [1.165, 1.54) is 12.1 Å². The van der Waals surface area contributed by atoms with Gasteiger partial charge in [-0.3, -0.25) is 4.98 Å². The quantitative estimate of drug-likeness (QED) is 0.437. The Labute approximate surface area is 209 Å². The standard InChI is InChI=1S/C26H30F3N5S/c1-17-15-21(18(2)34(17)20-10-7-9-19(16-20)26(27,28)29)24-23(22-11-5-6-12-30-22)31-25(35)33(24)14-8-13-32(3)4/h5-7,9-12,15-16,23-24H,8,13-14H2,1-4H3,(H,31,35). The molecule has 2 unspecified atom stereocenters. The van der Waals surface area contributed by atoms with Crippen molar-refractivity contribution in [1.82, 2.24) is 24.7 Å². The molecule has 4 rings (SSSR count). The van der Waals surface area contributed by atoms with Gasteiger partial charge in [-0.05, 0) is 95.1 Å². The van der Waals surface area contributed by atoms with E-state index in [0.29, 0.717) is 10.8 Å². The van der Waals surface area contributed by atoms with Crippen molar-refractivity contribution < 1.29 is 13.2 Å². The molecule has 0 bridgehead atoms. The molecule has 1 fully saturated rings. The Morgan fingerprint density at radius 3 is 2.51 bits per heavy atom. The third kappa shape index (κ3) is 5.21. The van der Waals surface area contributed by atoms with E-state index in [-0.39, 0.29) is 12.1 Å². The van der Waals surface area contributed by atoms with E-state index in [1.54, 1.807) is 12.3 Å². The zero-order valence-electron chi connectivity index (χ0n) is 20.3. The van der Waals surface area contributed by atoms with Crippen LogP contribution >= 0.6 is 12.2 Å². The van der Waals surface area contributed by atoms with E-state index in [4.69, 9.17) is 12.2 Å². The van der Waals surface area contributed by atoms with Crippen LogP contribution in [0.1, 0.15) is 46.7 Å². The van der Waals surface area contributed by atoms with Gasteiger partial charge in [0, 0.05) is 29.8 Å². The number of thiocarbonyl (C=S) groups is 1. The summed E-state index contributed by atoms with van der Waals surface area (Å²) in [6.45, 7) is 5.55. The zero-order valence-corrected chi connectivity index (χ0v) is 21.1. The van der Waals surface area contributed by atoms with Crippen molar-refractivity contribution >= 4 is 17.3 Å². The molecule has 0 spiro atoms. The van der Waals surface area contributed by atoms with Crippen molar-refractivity contribution in [2.45, 2.75) is 38.5 Å². The minimum atomic E-state index is -4.40. The second-order valence-corrected chi connectivity index (χ2v) is 9.57. The normalized spacial score (nSPS) is 18.4. The lowest BCUT2D eigenvalue weighted by Crippen LogP contribution is -2.32. The van der Waals surface area contributed by atoms with Gasteiger partial charge in [-0.25, -0.2) is 0 Å². The highest BCUT2D eigenvalue weighted by Gasteiger charge is 2.41. The van der Waals surface area contributed by atoms with Crippen LogP contribution in [-0.4, -0.2) is 51.6 Å². The minimum Gasteiger partial charge on any atom is -0.352 e. The maximum absolute atomic E-state index is 13.4. The molecular formula is C26H30F3N5S. The zero-order chi connectivity index (χ0) is 25.3. The Kier molecular flexibility index (Phi) is 7.19. The van der Waals surface area contributed by atoms with E-state index < -0.39 is 11.7 Å². The van der Waals surface area contributed by atoms with Crippen LogP contribution in [0.15, 0.2) is 54.7 Å². The van der Waals surface area contributed by atoms with Gasteiger partial charge in [-0.1, -0.05) is 12.1 Å². The molecule has 1 aromatic carbocycles. The monoisotopic (exact) mass is 501 g/mol. The highest BCUT2D eigenvalue weighted by Crippen LogP contribution is 2.41. The van der Waals surface area contributed by atoms with Gasteiger partial charge in [-0.2, -0.15) is 13.2 Å². The molecule has 5 nitrogen and oxygen atoms in total. The van der Waals surface area contributed by atoms with E-state index in [1.807, 2.05) is 50.7 Å². The summed E-state index contributed by atoms with van der Waals surface area (Å²) in [4.78, 5) is 8.91. The molecule has 0 radical (unpaired) electrons. The topological polar surface area (TPSA) is 36.3 Å². The molecule has 3 aromatic rings. The maximum Gasteiger partial charge on any atom is 0.416 e. The number of rotatable bonds is 7. The fourth-order valence-electron chi connectivity index (χ4n) is 4.85. The van der Waals surface area contributed by atoms with Crippen molar-refractivity contribution in [1.29, 1.82) is 0 Å². The number of hydrogen-bond donors (Lipinski definition) is 1. The van der Waals surface area contributed by atoms with Gasteiger partial charge in [-0.15, -0.1) is 0 Å². The van der Waals surface area contributed by atoms with Crippen molar-refractivity contribution in [3.63, 3.8) is 0 Å². The number of pyridine rings is 1. The molecule has 186 valence electrons. The fraction of sp³-hybridized carbons (Fsp3) is 0.385. The molecule has 35 heavy (non-hydrogen) atoms. The molecule has 0 amide bonds. The average molecular weight is 502 g/mol. The van der Waals surface area contributed by atoms with Crippen LogP contribution in [0.2, 0.25) is 0 Å². The molecule has 1 saturated heterocycles. The van der Waals surface area contributed by atoms with Gasteiger partial charge in [0.2, 0.25) is 0 Å². The number of aromatic nitrogens is 2. The van der Waals surface area contributed by atoms with Gasteiger partial charge < -0.3 is 19.7 Å². The van der Waals surface area contributed by atoms with Crippen LogP contribution in [0.3, 0.4) is 0 Å². The number of nitrogens with zero attached hydrogens (tertiary/aromatic N) is 4. The molecule has 0 saturated carbocycles. The SMILES string of the molecule is Cc1cc(C2C(c3ccccn3)NC(=S)N2CCCN(C)C)c(C)n1-c1cccc(C(F)(F)F)c1. The van der Waals surface area contributed by atoms with Crippen molar-refractivity contribution in [2.24, 2.45) is 0 Å². The molecule has 9 heteroatoms. The van der Waals surface area contributed by atoms with E-state index in [9.17, 15) is 13.2 Å². The number of halogens is 3. The number of alkyl halides is 3. The molecule has 0 aliphatic carbocycles. The highest BCUT2D eigenvalue weighted by atomic mass is 32.1. The number of benzene rings is 1. The summed E-state index contributed by atoms with van der Waals surface area (Å²) in [6.07, 6.45) is -1.72. The van der Waals surface area contributed by atoms with Gasteiger partial charge in [0.15, 0.2) is 5.11 Å². The van der Waals surface area contributed by atoms with Crippen LogP contribution in [0.5, 0.6) is 0 Å². The Bertz CT molecular complexity index is 1190.